The highest BCUT2D eigenvalue weighted by Crippen LogP contribution is 2.41. The van der Waals surface area contributed by atoms with Crippen LogP contribution in [0.1, 0.15) is 31.5 Å². The van der Waals surface area contributed by atoms with Crippen LogP contribution in [0.4, 0.5) is 0 Å². The lowest BCUT2D eigenvalue weighted by molar-refractivity contribution is 0.599. The molecule has 2 aromatic rings. The summed E-state index contributed by atoms with van der Waals surface area (Å²) in [6.07, 6.45) is 2.58. The monoisotopic (exact) mass is 222 g/mol. The third-order valence-corrected chi connectivity index (χ3v) is 3.19. The molecule has 0 N–H and O–H groups in total. The molecular weight excluding hydrogens is 212 g/mol. The van der Waals surface area contributed by atoms with Gasteiger partial charge in [-0.2, -0.15) is 9.61 Å². The predicted octanol–water partition coefficient (Wildman–Crippen LogP) is 2.29. The molecule has 0 amide bonds. The van der Waals surface area contributed by atoms with E-state index in [2.05, 4.69) is 22.2 Å². The van der Waals surface area contributed by atoms with Gasteiger partial charge in [-0.15, -0.1) is 10.2 Å². The first kappa shape index (κ1) is 9.09. The molecule has 0 aliphatic heterocycles. The molecular formula is C10H11ClN4. The van der Waals surface area contributed by atoms with Crippen molar-refractivity contribution in [3.63, 3.8) is 0 Å². The Bertz CT molecular complexity index is 503. The van der Waals surface area contributed by atoms with Gasteiger partial charge in [-0.3, -0.25) is 0 Å². The fraction of sp³-hybridized carbons (Fsp3) is 0.500. The summed E-state index contributed by atoms with van der Waals surface area (Å²) in [7, 11) is 0. The standard InChI is InChI=1S/C10H11ClN4/c1-6(7-2-3-7)10-13-12-9-5-4-8(11)14-15(9)10/h4-7H,2-3H2,1H3. The van der Waals surface area contributed by atoms with E-state index in [0.29, 0.717) is 11.1 Å². The summed E-state index contributed by atoms with van der Waals surface area (Å²) in [4.78, 5) is 0. The molecule has 2 aromatic heterocycles. The van der Waals surface area contributed by atoms with Crippen molar-refractivity contribution in [3.05, 3.63) is 23.1 Å². The Morgan fingerprint density at radius 1 is 1.40 bits per heavy atom. The number of fused-ring (bicyclic) bond motifs is 1. The summed E-state index contributed by atoms with van der Waals surface area (Å²) in [5, 5.41) is 13.0. The SMILES string of the molecule is CC(c1nnc2ccc(Cl)nn12)C1CC1. The Morgan fingerprint density at radius 2 is 2.20 bits per heavy atom. The maximum absolute atomic E-state index is 5.86. The number of hydrogen-bond acceptors (Lipinski definition) is 3. The molecule has 4 nitrogen and oxygen atoms in total. The summed E-state index contributed by atoms with van der Waals surface area (Å²) in [5.74, 6) is 2.10. The first-order valence-corrected chi connectivity index (χ1v) is 5.51. The highest BCUT2D eigenvalue weighted by Gasteiger charge is 2.32. The van der Waals surface area contributed by atoms with Crippen molar-refractivity contribution in [2.45, 2.75) is 25.7 Å². The van der Waals surface area contributed by atoms with Crippen molar-refractivity contribution in [2.75, 3.05) is 0 Å². The van der Waals surface area contributed by atoms with E-state index in [1.165, 1.54) is 12.8 Å². The van der Waals surface area contributed by atoms with Crippen LogP contribution in [0.25, 0.3) is 5.65 Å². The Labute approximate surface area is 92.3 Å². The van der Waals surface area contributed by atoms with E-state index in [0.717, 1.165) is 17.4 Å². The zero-order valence-corrected chi connectivity index (χ0v) is 9.15. The molecule has 0 spiro atoms. The maximum Gasteiger partial charge on any atom is 0.178 e. The Kier molecular flexibility index (Phi) is 1.92. The zero-order chi connectivity index (χ0) is 10.4. The molecule has 15 heavy (non-hydrogen) atoms. The van der Waals surface area contributed by atoms with Gasteiger partial charge in [-0.25, -0.2) is 0 Å². The Morgan fingerprint density at radius 3 is 2.93 bits per heavy atom. The number of nitrogens with zero attached hydrogens (tertiary/aromatic N) is 4. The van der Waals surface area contributed by atoms with Gasteiger partial charge >= 0.3 is 0 Å². The fourth-order valence-corrected chi connectivity index (χ4v) is 2.01. The molecule has 1 fully saturated rings. The molecule has 0 saturated heterocycles. The van der Waals surface area contributed by atoms with Crippen LogP contribution in [0.15, 0.2) is 12.1 Å². The third kappa shape index (κ3) is 1.49. The first-order chi connectivity index (χ1) is 7.25. The largest absolute Gasteiger partial charge is 0.196 e. The summed E-state index contributed by atoms with van der Waals surface area (Å²) in [6.45, 7) is 2.18. The zero-order valence-electron chi connectivity index (χ0n) is 8.39. The number of aromatic nitrogens is 4. The van der Waals surface area contributed by atoms with Gasteiger partial charge in [0.25, 0.3) is 0 Å². The van der Waals surface area contributed by atoms with Gasteiger partial charge in [0.05, 0.1) is 0 Å². The van der Waals surface area contributed by atoms with E-state index in [1.54, 1.807) is 10.6 Å². The van der Waals surface area contributed by atoms with Crippen LogP contribution in [0, 0.1) is 5.92 Å². The van der Waals surface area contributed by atoms with E-state index in [9.17, 15) is 0 Å². The summed E-state index contributed by atoms with van der Waals surface area (Å²) >= 11 is 5.86. The van der Waals surface area contributed by atoms with E-state index >= 15 is 0 Å². The average molecular weight is 223 g/mol. The minimum atomic E-state index is 0.422. The normalized spacial score (nSPS) is 18.3. The van der Waals surface area contributed by atoms with Crippen LogP contribution in [-0.4, -0.2) is 19.8 Å². The lowest BCUT2D eigenvalue weighted by Gasteiger charge is -2.06. The quantitative estimate of drug-likeness (QED) is 0.783. The predicted molar refractivity (Wildman–Crippen MR) is 56.9 cm³/mol. The molecule has 1 aliphatic rings. The van der Waals surface area contributed by atoms with Crippen LogP contribution in [0.5, 0.6) is 0 Å². The van der Waals surface area contributed by atoms with Crippen molar-refractivity contribution in [1.82, 2.24) is 19.8 Å². The minimum absolute atomic E-state index is 0.422. The van der Waals surface area contributed by atoms with Gasteiger partial charge < -0.3 is 0 Å². The molecule has 0 aromatic carbocycles. The maximum atomic E-state index is 5.86. The Balaban J connectivity index is 2.13. The molecule has 5 heteroatoms. The summed E-state index contributed by atoms with van der Waals surface area (Å²) < 4.78 is 1.76. The van der Waals surface area contributed by atoms with Crippen LogP contribution < -0.4 is 0 Å². The van der Waals surface area contributed by atoms with Crippen LogP contribution in [0.3, 0.4) is 0 Å². The molecule has 3 rings (SSSR count). The van der Waals surface area contributed by atoms with Crippen molar-refractivity contribution < 1.29 is 0 Å². The minimum Gasteiger partial charge on any atom is -0.196 e. The lowest BCUT2D eigenvalue weighted by atomic mass is 10.1. The molecule has 0 bridgehead atoms. The number of hydrogen-bond donors (Lipinski definition) is 0. The molecule has 1 aliphatic carbocycles. The highest BCUT2D eigenvalue weighted by molar-refractivity contribution is 6.29. The second-order valence-corrected chi connectivity index (χ2v) is 4.50. The van der Waals surface area contributed by atoms with Crippen molar-refractivity contribution in [1.29, 1.82) is 0 Å². The summed E-state index contributed by atoms with van der Waals surface area (Å²) in [6, 6.07) is 3.57. The topological polar surface area (TPSA) is 43.1 Å². The Hall–Kier alpha value is -1.16. The van der Waals surface area contributed by atoms with Crippen LogP contribution in [-0.2, 0) is 0 Å². The van der Waals surface area contributed by atoms with Gasteiger partial charge in [-0.1, -0.05) is 18.5 Å². The highest BCUT2D eigenvalue weighted by atomic mass is 35.5. The van der Waals surface area contributed by atoms with Gasteiger partial charge in [0.1, 0.15) is 5.15 Å². The summed E-state index contributed by atoms with van der Waals surface area (Å²) in [5.41, 5.74) is 0.766. The van der Waals surface area contributed by atoms with Gasteiger partial charge in [-0.05, 0) is 30.9 Å². The molecule has 2 heterocycles. The lowest BCUT2D eigenvalue weighted by Crippen LogP contribution is -2.04. The molecule has 0 radical (unpaired) electrons. The number of halogens is 1. The fourth-order valence-electron chi connectivity index (χ4n) is 1.87. The van der Waals surface area contributed by atoms with Crippen molar-refractivity contribution in [3.8, 4) is 0 Å². The number of rotatable bonds is 2. The van der Waals surface area contributed by atoms with Crippen LogP contribution >= 0.6 is 11.6 Å². The molecule has 1 unspecified atom stereocenters. The van der Waals surface area contributed by atoms with E-state index < -0.39 is 0 Å². The van der Waals surface area contributed by atoms with Crippen molar-refractivity contribution >= 4 is 17.2 Å². The van der Waals surface area contributed by atoms with E-state index in [-0.39, 0.29) is 0 Å². The van der Waals surface area contributed by atoms with Gasteiger partial charge in [0.15, 0.2) is 11.5 Å². The molecule has 1 atom stereocenters. The molecule has 1 saturated carbocycles. The molecule has 78 valence electrons. The average Bonchev–Trinajstić information content (AvgIpc) is 2.98. The third-order valence-electron chi connectivity index (χ3n) is 2.99. The van der Waals surface area contributed by atoms with E-state index in [4.69, 9.17) is 11.6 Å². The van der Waals surface area contributed by atoms with Gasteiger partial charge in [0.2, 0.25) is 0 Å². The van der Waals surface area contributed by atoms with Crippen LogP contribution in [0.2, 0.25) is 5.15 Å². The second-order valence-electron chi connectivity index (χ2n) is 4.11. The van der Waals surface area contributed by atoms with E-state index in [1.807, 2.05) is 6.07 Å². The smallest absolute Gasteiger partial charge is 0.178 e. The second kappa shape index (κ2) is 3.17. The van der Waals surface area contributed by atoms with Gasteiger partial charge in [0, 0.05) is 5.92 Å². The first-order valence-electron chi connectivity index (χ1n) is 5.13. The van der Waals surface area contributed by atoms with Crippen molar-refractivity contribution in [2.24, 2.45) is 5.92 Å².